The normalized spacial score (nSPS) is 14.5. The van der Waals surface area contributed by atoms with Gasteiger partial charge < -0.3 is 14.8 Å². The summed E-state index contributed by atoms with van der Waals surface area (Å²) in [5.41, 5.74) is 2.40. The predicted octanol–water partition coefficient (Wildman–Crippen LogP) is 3.33. The first kappa shape index (κ1) is 16.0. The molecular formula is C16H27NO2. The van der Waals surface area contributed by atoms with Crippen LogP contribution in [0.2, 0.25) is 0 Å². The van der Waals surface area contributed by atoms with Gasteiger partial charge >= 0.3 is 0 Å². The summed E-state index contributed by atoms with van der Waals surface area (Å²) in [5, 5.41) is 3.62. The van der Waals surface area contributed by atoms with Crippen molar-refractivity contribution in [3.63, 3.8) is 0 Å². The third-order valence-corrected chi connectivity index (χ3v) is 3.47. The van der Waals surface area contributed by atoms with Crippen LogP contribution in [0.3, 0.4) is 0 Å². The highest BCUT2D eigenvalue weighted by Crippen LogP contribution is 2.26. The Morgan fingerprint density at radius 3 is 2.37 bits per heavy atom. The Hall–Kier alpha value is -1.06. The highest BCUT2D eigenvalue weighted by Gasteiger charge is 2.18. The van der Waals surface area contributed by atoms with E-state index < -0.39 is 0 Å². The first-order valence-corrected chi connectivity index (χ1v) is 6.89. The standard InChI is InChI=1S/C16H27NO2/c1-11(2)15(10-18-5)17-13(4)14-8-7-12(3)9-16(14)19-6/h7-9,11,13,15,17H,10H2,1-6H3. The van der Waals surface area contributed by atoms with Crippen molar-refractivity contribution in [3.8, 4) is 5.75 Å². The van der Waals surface area contributed by atoms with Gasteiger partial charge in [0, 0.05) is 24.8 Å². The summed E-state index contributed by atoms with van der Waals surface area (Å²) in [6.07, 6.45) is 0. The Morgan fingerprint density at radius 1 is 1.16 bits per heavy atom. The lowest BCUT2D eigenvalue weighted by Crippen LogP contribution is -2.39. The van der Waals surface area contributed by atoms with Gasteiger partial charge in [0.25, 0.3) is 0 Å². The third kappa shape index (κ3) is 4.51. The quantitative estimate of drug-likeness (QED) is 0.820. The minimum absolute atomic E-state index is 0.234. The molecule has 0 bridgehead atoms. The predicted molar refractivity (Wildman–Crippen MR) is 79.8 cm³/mol. The fraction of sp³-hybridized carbons (Fsp3) is 0.625. The molecule has 3 heteroatoms. The van der Waals surface area contributed by atoms with Crippen LogP contribution in [0.25, 0.3) is 0 Å². The molecular weight excluding hydrogens is 238 g/mol. The molecule has 108 valence electrons. The average Bonchev–Trinajstić information content (AvgIpc) is 2.37. The average molecular weight is 265 g/mol. The summed E-state index contributed by atoms with van der Waals surface area (Å²) in [6, 6.07) is 6.91. The second kappa shape index (κ2) is 7.51. The number of ether oxygens (including phenoxy) is 2. The SMILES string of the molecule is COCC(NC(C)c1ccc(C)cc1OC)C(C)C. The largest absolute Gasteiger partial charge is 0.496 e. The molecule has 1 rings (SSSR count). The number of hydrogen-bond acceptors (Lipinski definition) is 3. The zero-order valence-electron chi connectivity index (χ0n) is 13.0. The van der Waals surface area contributed by atoms with Gasteiger partial charge in [-0.2, -0.15) is 0 Å². The lowest BCUT2D eigenvalue weighted by atomic mass is 10.0. The minimum Gasteiger partial charge on any atom is -0.496 e. The zero-order chi connectivity index (χ0) is 14.4. The molecule has 2 atom stereocenters. The lowest BCUT2D eigenvalue weighted by Gasteiger charge is -2.27. The molecule has 19 heavy (non-hydrogen) atoms. The topological polar surface area (TPSA) is 30.5 Å². The molecule has 0 aliphatic rings. The second-order valence-corrected chi connectivity index (χ2v) is 5.44. The van der Waals surface area contributed by atoms with Gasteiger partial charge in [0.2, 0.25) is 0 Å². The van der Waals surface area contributed by atoms with Crippen molar-refractivity contribution < 1.29 is 9.47 Å². The summed E-state index contributed by atoms with van der Waals surface area (Å²) >= 11 is 0. The fourth-order valence-corrected chi connectivity index (χ4v) is 2.20. The first-order chi connectivity index (χ1) is 8.99. The van der Waals surface area contributed by atoms with Crippen molar-refractivity contribution in [3.05, 3.63) is 29.3 Å². The molecule has 1 N–H and O–H groups in total. The van der Waals surface area contributed by atoms with Crippen LogP contribution in [-0.4, -0.2) is 26.9 Å². The van der Waals surface area contributed by atoms with E-state index in [4.69, 9.17) is 9.47 Å². The number of rotatable bonds is 7. The van der Waals surface area contributed by atoms with Crippen molar-refractivity contribution in [2.75, 3.05) is 20.8 Å². The Bertz CT molecular complexity index is 390. The second-order valence-electron chi connectivity index (χ2n) is 5.44. The highest BCUT2D eigenvalue weighted by molar-refractivity contribution is 5.39. The summed E-state index contributed by atoms with van der Waals surface area (Å²) in [7, 11) is 3.47. The summed E-state index contributed by atoms with van der Waals surface area (Å²) < 4.78 is 10.8. The zero-order valence-corrected chi connectivity index (χ0v) is 13.0. The highest BCUT2D eigenvalue weighted by atomic mass is 16.5. The van der Waals surface area contributed by atoms with Crippen LogP contribution in [0, 0.1) is 12.8 Å². The van der Waals surface area contributed by atoms with Gasteiger partial charge in [-0.25, -0.2) is 0 Å². The molecule has 0 radical (unpaired) electrons. The van der Waals surface area contributed by atoms with E-state index in [0.29, 0.717) is 12.0 Å². The molecule has 0 saturated carbocycles. The molecule has 3 nitrogen and oxygen atoms in total. The van der Waals surface area contributed by atoms with Crippen molar-refractivity contribution in [1.29, 1.82) is 0 Å². The van der Waals surface area contributed by atoms with Crippen LogP contribution in [0.1, 0.15) is 37.9 Å². The summed E-state index contributed by atoms with van der Waals surface area (Å²) in [5.74, 6) is 1.47. The molecule has 0 spiro atoms. The maximum absolute atomic E-state index is 5.48. The van der Waals surface area contributed by atoms with E-state index in [1.54, 1.807) is 14.2 Å². The molecule has 0 aliphatic heterocycles. The number of hydrogen-bond donors (Lipinski definition) is 1. The Morgan fingerprint density at radius 2 is 1.84 bits per heavy atom. The van der Waals surface area contributed by atoms with Crippen LogP contribution < -0.4 is 10.1 Å². The molecule has 1 aromatic carbocycles. The molecule has 0 aliphatic carbocycles. The van der Waals surface area contributed by atoms with E-state index in [2.05, 4.69) is 51.2 Å². The maximum Gasteiger partial charge on any atom is 0.123 e. The van der Waals surface area contributed by atoms with Crippen molar-refractivity contribution in [2.24, 2.45) is 5.92 Å². The van der Waals surface area contributed by atoms with Crippen LogP contribution in [-0.2, 0) is 4.74 Å². The first-order valence-electron chi connectivity index (χ1n) is 6.89. The van der Waals surface area contributed by atoms with Crippen LogP contribution >= 0.6 is 0 Å². The fourth-order valence-electron chi connectivity index (χ4n) is 2.20. The van der Waals surface area contributed by atoms with Gasteiger partial charge in [0.05, 0.1) is 13.7 Å². The van der Waals surface area contributed by atoms with E-state index in [1.165, 1.54) is 11.1 Å². The summed E-state index contributed by atoms with van der Waals surface area (Å²) in [4.78, 5) is 0. The Balaban J connectivity index is 2.84. The van der Waals surface area contributed by atoms with Crippen molar-refractivity contribution in [1.82, 2.24) is 5.32 Å². The molecule has 0 heterocycles. The summed E-state index contributed by atoms with van der Waals surface area (Å²) in [6.45, 7) is 9.37. The van der Waals surface area contributed by atoms with Gasteiger partial charge in [-0.3, -0.25) is 0 Å². The molecule has 0 aromatic heterocycles. The van der Waals surface area contributed by atoms with Crippen molar-refractivity contribution >= 4 is 0 Å². The van der Waals surface area contributed by atoms with Gasteiger partial charge in [0.1, 0.15) is 5.75 Å². The van der Waals surface area contributed by atoms with E-state index in [-0.39, 0.29) is 6.04 Å². The van der Waals surface area contributed by atoms with E-state index >= 15 is 0 Å². The van der Waals surface area contributed by atoms with Crippen LogP contribution in [0.4, 0.5) is 0 Å². The van der Waals surface area contributed by atoms with E-state index in [0.717, 1.165) is 12.4 Å². The minimum atomic E-state index is 0.234. The van der Waals surface area contributed by atoms with Gasteiger partial charge in [-0.05, 0) is 31.4 Å². The number of nitrogens with one attached hydrogen (secondary N) is 1. The molecule has 0 saturated heterocycles. The molecule has 0 fully saturated rings. The molecule has 0 amide bonds. The van der Waals surface area contributed by atoms with E-state index in [1.807, 2.05) is 0 Å². The maximum atomic E-state index is 5.48. The van der Waals surface area contributed by atoms with Gasteiger partial charge in [-0.15, -0.1) is 0 Å². The number of aryl methyl sites for hydroxylation is 1. The van der Waals surface area contributed by atoms with Gasteiger partial charge in [-0.1, -0.05) is 26.0 Å². The molecule has 2 unspecified atom stereocenters. The van der Waals surface area contributed by atoms with Crippen molar-refractivity contribution in [2.45, 2.75) is 39.8 Å². The Kier molecular flexibility index (Phi) is 6.32. The van der Waals surface area contributed by atoms with Gasteiger partial charge in [0.15, 0.2) is 0 Å². The molecule has 1 aromatic rings. The number of benzene rings is 1. The lowest BCUT2D eigenvalue weighted by molar-refractivity contribution is 0.141. The monoisotopic (exact) mass is 265 g/mol. The van der Waals surface area contributed by atoms with E-state index in [9.17, 15) is 0 Å². The number of methoxy groups -OCH3 is 2. The van der Waals surface area contributed by atoms with Crippen LogP contribution in [0.5, 0.6) is 5.75 Å². The smallest absolute Gasteiger partial charge is 0.123 e. The Labute approximate surface area is 117 Å². The third-order valence-electron chi connectivity index (χ3n) is 3.47. The van der Waals surface area contributed by atoms with Crippen LogP contribution in [0.15, 0.2) is 18.2 Å².